The molecule has 9 nitrogen and oxygen atoms in total. The molecule has 2 aliphatic carbocycles. The Bertz CT molecular complexity index is 1420. The molecule has 2 fully saturated rings. The number of ether oxygens (including phenoxy) is 1. The van der Waals surface area contributed by atoms with Crippen molar-refractivity contribution in [2.45, 2.75) is 68.4 Å². The fraction of sp³-hybridized carbons (Fsp3) is 0.500. The maximum Gasteiger partial charge on any atom is 0.446 e. The third kappa shape index (κ3) is 5.37. The number of halogens is 2. The lowest BCUT2D eigenvalue weighted by molar-refractivity contribution is -0.382. The molecule has 1 aromatic carbocycles. The first-order valence-electron chi connectivity index (χ1n) is 12.9. The quantitative estimate of drug-likeness (QED) is 0.430. The van der Waals surface area contributed by atoms with Gasteiger partial charge >= 0.3 is 16.0 Å². The minimum atomic E-state index is -3.84. The summed E-state index contributed by atoms with van der Waals surface area (Å²) in [4.78, 5) is 9.72. The van der Waals surface area contributed by atoms with Gasteiger partial charge in [0.25, 0.3) is 5.89 Å². The molecule has 0 saturated heterocycles. The number of aromatic amines is 1. The molecular formula is C26H30F2N5O4S+. The zero-order valence-electron chi connectivity index (χ0n) is 21.0. The highest BCUT2D eigenvalue weighted by Crippen LogP contribution is 2.42. The van der Waals surface area contributed by atoms with Crippen LogP contribution in [0.15, 0.2) is 45.9 Å². The fourth-order valence-corrected chi connectivity index (χ4v) is 6.11. The van der Waals surface area contributed by atoms with Crippen LogP contribution in [0, 0.1) is 5.92 Å². The molecule has 2 saturated carbocycles. The van der Waals surface area contributed by atoms with Crippen LogP contribution >= 0.6 is 0 Å². The van der Waals surface area contributed by atoms with E-state index in [1.165, 1.54) is 0 Å². The molecule has 3 aromatic rings. The number of benzene rings is 1. The van der Waals surface area contributed by atoms with Gasteiger partial charge in [0.2, 0.25) is 11.8 Å². The highest BCUT2D eigenvalue weighted by molar-refractivity contribution is 7.92. The zero-order chi connectivity index (χ0) is 26.5. The van der Waals surface area contributed by atoms with Gasteiger partial charge in [-0.15, -0.1) is 0 Å². The highest BCUT2D eigenvalue weighted by atomic mass is 32.2. The third-order valence-corrected chi connectivity index (χ3v) is 8.95. The van der Waals surface area contributed by atoms with E-state index in [0.29, 0.717) is 24.2 Å². The maximum atomic E-state index is 13.0. The summed E-state index contributed by atoms with van der Waals surface area (Å²) in [7, 11) is -3.84. The van der Waals surface area contributed by atoms with Crippen LogP contribution in [0.2, 0.25) is 0 Å². The molecule has 2 aromatic heterocycles. The summed E-state index contributed by atoms with van der Waals surface area (Å²) in [6, 6.07) is 8.96. The molecule has 2 N–H and O–H groups in total. The minimum absolute atomic E-state index is 0.0407. The van der Waals surface area contributed by atoms with Gasteiger partial charge in [0, 0.05) is 50.2 Å². The number of aromatic nitrogens is 3. The summed E-state index contributed by atoms with van der Waals surface area (Å²) in [6.07, 6.45) is 4.32. The Labute approximate surface area is 219 Å². The largest absolute Gasteiger partial charge is 0.477 e. The first-order valence-corrected chi connectivity index (χ1v) is 14.4. The average molecular weight is 547 g/mol. The summed E-state index contributed by atoms with van der Waals surface area (Å²) in [5, 5.41) is 3.81. The van der Waals surface area contributed by atoms with Crippen LogP contribution in [0.5, 0.6) is 5.88 Å². The van der Waals surface area contributed by atoms with E-state index in [1.807, 2.05) is 12.1 Å². The van der Waals surface area contributed by atoms with E-state index in [4.69, 9.17) is 9.26 Å². The van der Waals surface area contributed by atoms with Crippen molar-refractivity contribution in [3.8, 4) is 5.88 Å². The Morgan fingerprint density at radius 2 is 2.05 bits per heavy atom. The monoisotopic (exact) mass is 546 g/mol. The van der Waals surface area contributed by atoms with E-state index in [0.717, 1.165) is 42.5 Å². The third-order valence-electron chi connectivity index (χ3n) is 7.62. The smallest absolute Gasteiger partial charge is 0.446 e. The van der Waals surface area contributed by atoms with Crippen LogP contribution in [0.4, 0.5) is 14.7 Å². The molecular weight excluding hydrogens is 516 g/mol. The van der Waals surface area contributed by atoms with Crippen molar-refractivity contribution < 1.29 is 31.4 Å². The number of H-pyrrole nitrogens is 1. The van der Waals surface area contributed by atoms with E-state index < -0.39 is 15.9 Å². The van der Waals surface area contributed by atoms with Crippen molar-refractivity contribution in [1.29, 1.82) is 0 Å². The minimum Gasteiger partial charge on any atom is -0.477 e. The van der Waals surface area contributed by atoms with Crippen LogP contribution in [0.1, 0.15) is 67.1 Å². The van der Waals surface area contributed by atoms with E-state index >= 15 is 0 Å². The SMILES string of the molecule is C[C@H](c1ccc(OCC2CC(F)(F)C2)nc1)N1CCc2ccc(S(=O)(=O)Nc3noc(C4CC4)[nH+]3)cc2C1. The van der Waals surface area contributed by atoms with E-state index in [2.05, 4.69) is 31.7 Å². The Morgan fingerprint density at radius 3 is 2.76 bits per heavy atom. The molecule has 0 unspecified atom stereocenters. The Kier molecular flexibility index (Phi) is 6.34. The Balaban J connectivity index is 1.09. The number of pyridine rings is 1. The van der Waals surface area contributed by atoms with Gasteiger partial charge in [-0.2, -0.15) is 13.1 Å². The van der Waals surface area contributed by atoms with E-state index in [1.54, 1.807) is 24.4 Å². The molecule has 202 valence electrons. The second-order valence-electron chi connectivity index (χ2n) is 10.6. The van der Waals surface area contributed by atoms with Crippen LogP contribution in [0.3, 0.4) is 0 Å². The molecule has 0 radical (unpaired) electrons. The topological polar surface area (TPSA) is 112 Å². The lowest BCUT2D eigenvalue weighted by atomic mass is 9.82. The molecule has 0 bridgehead atoms. The van der Waals surface area contributed by atoms with Crippen molar-refractivity contribution >= 4 is 16.0 Å². The van der Waals surface area contributed by atoms with Gasteiger partial charge < -0.3 is 4.74 Å². The van der Waals surface area contributed by atoms with Crippen molar-refractivity contribution in [3.05, 3.63) is 59.1 Å². The molecule has 12 heteroatoms. The first-order chi connectivity index (χ1) is 18.1. The summed E-state index contributed by atoms with van der Waals surface area (Å²) < 4.78 is 65.3. The second-order valence-corrected chi connectivity index (χ2v) is 12.3. The number of hydrogen-bond acceptors (Lipinski definition) is 7. The van der Waals surface area contributed by atoms with Gasteiger partial charge in [0.05, 0.1) is 12.5 Å². The number of hydrogen-bond donors (Lipinski definition) is 1. The molecule has 0 amide bonds. The number of anilines is 1. The number of rotatable bonds is 9. The number of fused-ring (bicyclic) bond motifs is 1. The lowest BCUT2D eigenvalue weighted by Gasteiger charge is -2.34. The summed E-state index contributed by atoms with van der Waals surface area (Å²) in [5.74, 6) is -1.29. The normalized spacial score (nSPS) is 20.4. The number of nitrogens with one attached hydrogen (secondary N) is 2. The van der Waals surface area contributed by atoms with Crippen molar-refractivity contribution in [3.63, 3.8) is 0 Å². The zero-order valence-corrected chi connectivity index (χ0v) is 21.8. The highest BCUT2D eigenvalue weighted by Gasteiger charge is 2.45. The van der Waals surface area contributed by atoms with Gasteiger partial charge in [-0.05, 0) is 55.0 Å². The number of sulfonamides is 1. The predicted octanol–water partition coefficient (Wildman–Crippen LogP) is 4.11. The summed E-state index contributed by atoms with van der Waals surface area (Å²) in [5.41, 5.74) is 3.08. The summed E-state index contributed by atoms with van der Waals surface area (Å²) in [6.45, 7) is 3.75. The van der Waals surface area contributed by atoms with Crippen molar-refractivity contribution in [2.24, 2.45) is 5.92 Å². The Morgan fingerprint density at radius 1 is 1.24 bits per heavy atom. The van der Waals surface area contributed by atoms with Gasteiger partial charge in [-0.25, -0.2) is 18.7 Å². The Hall–Kier alpha value is -3.12. The van der Waals surface area contributed by atoms with Gasteiger partial charge in [-0.3, -0.25) is 9.42 Å². The molecule has 6 rings (SSSR count). The van der Waals surface area contributed by atoms with E-state index in [-0.39, 0.29) is 42.3 Å². The maximum absolute atomic E-state index is 13.0. The summed E-state index contributed by atoms with van der Waals surface area (Å²) >= 11 is 0. The first kappa shape index (κ1) is 25.2. The molecule has 1 atom stereocenters. The predicted molar refractivity (Wildman–Crippen MR) is 132 cm³/mol. The van der Waals surface area contributed by atoms with E-state index in [9.17, 15) is 17.2 Å². The molecule has 3 aliphatic rings. The van der Waals surface area contributed by atoms with Crippen molar-refractivity contribution in [1.82, 2.24) is 15.0 Å². The number of alkyl halides is 2. The molecule has 38 heavy (non-hydrogen) atoms. The standard InChI is InChI=1S/C26H29F2N5O4S/c1-16(20-5-7-23(29-13-20)36-15-17-11-26(27,28)12-17)33-9-8-18-4-6-22(10-21(18)14-33)38(34,35)32-25-30-24(37-31-25)19-2-3-19/h4-7,10,13,16-17,19H,2-3,8-9,11-12,14-15H2,1H3,(H,31,32)/p+1/t16-/m1/s1. The second kappa shape index (κ2) is 9.57. The fourth-order valence-electron chi connectivity index (χ4n) is 5.10. The average Bonchev–Trinajstić information content (AvgIpc) is 3.64. The van der Waals surface area contributed by atoms with Crippen molar-refractivity contribution in [2.75, 3.05) is 17.9 Å². The van der Waals surface area contributed by atoms with Crippen LogP contribution in [-0.4, -0.2) is 42.5 Å². The van der Waals surface area contributed by atoms with Crippen LogP contribution in [0.25, 0.3) is 0 Å². The lowest BCUT2D eigenvalue weighted by Crippen LogP contribution is -2.38. The van der Waals surface area contributed by atoms with Crippen LogP contribution < -0.4 is 14.4 Å². The molecule has 0 spiro atoms. The van der Waals surface area contributed by atoms with Gasteiger partial charge in [0.15, 0.2) is 0 Å². The van der Waals surface area contributed by atoms with Crippen LogP contribution in [-0.2, 0) is 23.0 Å². The van der Waals surface area contributed by atoms with Gasteiger partial charge in [-0.1, -0.05) is 12.1 Å². The molecule has 1 aliphatic heterocycles. The van der Waals surface area contributed by atoms with Gasteiger partial charge in [0.1, 0.15) is 10.1 Å². The molecule has 3 heterocycles. The number of nitrogens with zero attached hydrogens (tertiary/aromatic N) is 3.